The van der Waals surface area contributed by atoms with Crippen LogP contribution < -0.4 is 14.8 Å². The molecule has 0 aromatic heterocycles. The van der Waals surface area contributed by atoms with E-state index in [0.29, 0.717) is 11.5 Å². The Hall–Kier alpha value is -2.63. The van der Waals surface area contributed by atoms with E-state index in [1.165, 1.54) is 0 Å². The third-order valence-corrected chi connectivity index (χ3v) is 3.57. The van der Waals surface area contributed by atoms with Gasteiger partial charge in [-0.25, -0.2) is 13.2 Å². The molecule has 0 bridgehead atoms. The molecular weight excluding hydrogens is 292 g/mol. The predicted octanol–water partition coefficient (Wildman–Crippen LogP) is 3.42. The zero-order valence-electron chi connectivity index (χ0n) is 11.1. The molecule has 3 aromatic rings. The number of benzene rings is 3. The molecule has 0 saturated heterocycles. The van der Waals surface area contributed by atoms with Gasteiger partial charge in [-0.1, -0.05) is 24.3 Å². The lowest BCUT2D eigenvalue weighted by atomic mass is 9.77. The third-order valence-electron chi connectivity index (χ3n) is 3.57. The summed E-state index contributed by atoms with van der Waals surface area (Å²) in [5, 5.41) is 1.73. The number of hydrogen-bond donors (Lipinski definition) is 0. The Morgan fingerprint density at radius 1 is 0.773 bits per heavy atom. The van der Waals surface area contributed by atoms with E-state index in [9.17, 15) is 13.2 Å². The molecule has 0 radical (unpaired) electrons. The Bertz CT molecular complexity index is 834. The fourth-order valence-electron chi connectivity index (χ4n) is 2.57. The molecule has 0 aliphatic carbocycles. The first-order valence-corrected chi connectivity index (χ1v) is 6.63. The molecule has 6 heteroatoms. The lowest BCUT2D eigenvalue weighted by molar-refractivity contribution is 0.424. The van der Waals surface area contributed by atoms with Crippen molar-refractivity contribution >= 4 is 23.4 Å². The second kappa shape index (κ2) is 4.69. The molecule has 0 spiro atoms. The fraction of sp³-hybridized carbons (Fsp3) is 0. The Kier molecular flexibility index (Phi) is 2.79. The summed E-state index contributed by atoms with van der Waals surface area (Å²) in [6, 6.07) is 12.7. The first-order chi connectivity index (χ1) is 10.6. The number of halogens is 3. The summed E-state index contributed by atoms with van der Waals surface area (Å²) in [5.41, 5.74) is 0.0721. The van der Waals surface area contributed by atoms with E-state index in [4.69, 9.17) is 9.31 Å². The normalized spacial score (nSPS) is 13.0. The molecule has 4 rings (SSSR count). The van der Waals surface area contributed by atoms with Crippen LogP contribution in [-0.2, 0) is 0 Å². The SMILES string of the molecule is Fc1cc(B2Oc3cccc4cccc(c34)O2)cc(F)c1F. The lowest BCUT2D eigenvalue weighted by Gasteiger charge is -2.24. The van der Waals surface area contributed by atoms with Gasteiger partial charge in [0, 0.05) is 5.46 Å². The molecule has 108 valence electrons. The van der Waals surface area contributed by atoms with Crippen LogP contribution in [0, 0.1) is 17.5 Å². The predicted molar refractivity (Wildman–Crippen MR) is 76.9 cm³/mol. The fourth-order valence-corrected chi connectivity index (χ4v) is 2.57. The Morgan fingerprint density at radius 2 is 1.32 bits per heavy atom. The smallest absolute Gasteiger partial charge is 0.521 e. The van der Waals surface area contributed by atoms with Gasteiger partial charge in [0.1, 0.15) is 11.5 Å². The van der Waals surface area contributed by atoms with Crippen molar-refractivity contribution < 1.29 is 22.5 Å². The molecule has 0 fully saturated rings. The summed E-state index contributed by atoms with van der Waals surface area (Å²) in [5.74, 6) is -2.97. The van der Waals surface area contributed by atoms with Crippen molar-refractivity contribution in [3.05, 3.63) is 66.0 Å². The minimum atomic E-state index is -1.51. The van der Waals surface area contributed by atoms with Gasteiger partial charge in [0.15, 0.2) is 17.5 Å². The molecule has 0 amide bonds. The monoisotopic (exact) mass is 300 g/mol. The number of hydrogen-bond acceptors (Lipinski definition) is 2. The summed E-state index contributed by atoms with van der Waals surface area (Å²) >= 11 is 0. The quantitative estimate of drug-likeness (QED) is 0.506. The van der Waals surface area contributed by atoms with E-state index in [1.807, 2.05) is 24.3 Å². The van der Waals surface area contributed by atoms with Gasteiger partial charge >= 0.3 is 7.12 Å². The van der Waals surface area contributed by atoms with Gasteiger partial charge in [0.2, 0.25) is 0 Å². The van der Waals surface area contributed by atoms with Crippen LogP contribution in [0.5, 0.6) is 11.5 Å². The molecule has 22 heavy (non-hydrogen) atoms. The molecule has 1 aliphatic heterocycles. The van der Waals surface area contributed by atoms with Crippen LogP contribution in [0.15, 0.2) is 48.5 Å². The largest absolute Gasteiger partial charge is 0.632 e. The minimum Gasteiger partial charge on any atom is -0.521 e. The van der Waals surface area contributed by atoms with Crippen LogP contribution in [0.4, 0.5) is 13.2 Å². The molecule has 0 unspecified atom stereocenters. The maximum atomic E-state index is 13.4. The maximum Gasteiger partial charge on any atom is 0.632 e. The van der Waals surface area contributed by atoms with E-state index in [0.717, 1.165) is 22.9 Å². The summed E-state index contributed by atoms with van der Waals surface area (Å²) in [6.45, 7) is 0. The molecule has 2 nitrogen and oxygen atoms in total. The standard InChI is InChI=1S/C16H8BF3O2/c18-11-7-10(8-12(19)16(11)20)17-21-13-5-1-3-9-4-2-6-14(22-17)15(9)13/h1-8H. The highest BCUT2D eigenvalue weighted by molar-refractivity contribution is 6.63. The first-order valence-electron chi connectivity index (χ1n) is 6.63. The van der Waals surface area contributed by atoms with Gasteiger partial charge in [-0.15, -0.1) is 0 Å². The molecule has 0 N–H and O–H groups in total. The van der Waals surface area contributed by atoms with Crippen LogP contribution in [-0.4, -0.2) is 7.12 Å². The van der Waals surface area contributed by atoms with Crippen molar-refractivity contribution in [2.45, 2.75) is 0 Å². The van der Waals surface area contributed by atoms with Gasteiger partial charge in [0.05, 0.1) is 5.39 Å². The molecule has 0 atom stereocenters. The molecule has 1 heterocycles. The molecule has 0 saturated carbocycles. The van der Waals surface area contributed by atoms with Crippen molar-refractivity contribution in [3.8, 4) is 11.5 Å². The minimum absolute atomic E-state index is 0.0721. The lowest BCUT2D eigenvalue weighted by Crippen LogP contribution is -2.44. The second-order valence-electron chi connectivity index (χ2n) is 4.98. The zero-order chi connectivity index (χ0) is 15.3. The van der Waals surface area contributed by atoms with E-state index in [2.05, 4.69) is 0 Å². The van der Waals surface area contributed by atoms with Crippen LogP contribution in [0.3, 0.4) is 0 Å². The average Bonchev–Trinajstić information content (AvgIpc) is 2.52. The van der Waals surface area contributed by atoms with Crippen LogP contribution >= 0.6 is 0 Å². The van der Waals surface area contributed by atoms with E-state index in [-0.39, 0.29) is 5.46 Å². The van der Waals surface area contributed by atoms with Gasteiger partial charge < -0.3 is 9.31 Å². The van der Waals surface area contributed by atoms with Crippen LogP contribution in [0.2, 0.25) is 0 Å². The first kappa shape index (κ1) is 13.1. The highest BCUT2D eigenvalue weighted by Gasteiger charge is 2.33. The van der Waals surface area contributed by atoms with Crippen molar-refractivity contribution in [1.29, 1.82) is 0 Å². The Balaban J connectivity index is 1.82. The average molecular weight is 300 g/mol. The topological polar surface area (TPSA) is 18.5 Å². The van der Waals surface area contributed by atoms with E-state index < -0.39 is 24.6 Å². The second-order valence-corrected chi connectivity index (χ2v) is 4.98. The van der Waals surface area contributed by atoms with Crippen LogP contribution in [0.1, 0.15) is 0 Å². The van der Waals surface area contributed by atoms with Crippen molar-refractivity contribution in [1.82, 2.24) is 0 Å². The van der Waals surface area contributed by atoms with Crippen molar-refractivity contribution in [2.75, 3.05) is 0 Å². The maximum absolute atomic E-state index is 13.4. The van der Waals surface area contributed by atoms with Gasteiger partial charge in [-0.3, -0.25) is 0 Å². The van der Waals surface area contributed by atoms with Gasteiger partial charge in [0.25, 0.3) is 0 Å². The zero-order valence-corrected chi connectivity index (χ0v) is 11.1. The summed E-state index contributed by atoms with van der Waals surface area (Å²) in [7, 11) is -1.04. The highest BCUT2D eigenvalue weighted by Crippen LogP contribution is 2.37. The summed E-state index contributed by atoms with van der Waals surface area (Å²) < 4.78 is 51.2. The molecular formula is C16H8BF3O2. The molecule has 1 aliphatic rings. The molecule has 3 aromatic carbocycles. The third kappa shape index (κ3) is 1.91. The van der Waals surface area contributed by atoms with E-state index in [1.54, 1.807) is 12.1 Å². The highest BCUT2D eigenvalue weighted by atomic mass is 19.2. The van der Waals surface area contributed by atoms with Gasteiger partial charge in [-0.2, -0.15) is 0 Å². The van der Waals surface area contributed by atoms with Crippen LogP contribution in [0.25, 0.3) is 10.8 Å². The summed E-state index contributed by atoms with van der Waals surface area (Å²) in [6.07, 6.45) is 0. The van der Waals surface area contributed by atoms with E-state index >= 15 is 0 Å². The Morgan fingerprint density at radius 3 is 1.86 bits per heavy atom. The number of rotatable bonds is 1. The Labute approximate surface area is 124 Å². The van der Waals surface area contributed by atoms with Crippen molar-refractivity contribution in [2.24, 2.45) is 0 Å². The summed E-state index contributed by atoms with van der Waals surface area (Å²) in [4.78, 5) is 0. The van der Waals surface area contributed by atoms with Gasteiger partial charge in [-0.05, 0) is 29.7 Å². The van der Waals surface area contributed by atoms with Crippen molar-refractivity contribution in [3.63, 3.8) is 0 Å².